The number of hydrogen-bond acceptors (Lipinski definition) is 6. The van der Waals surface area contributed by atoms with E-state index in [2.05, 4.69) is 10.6 Å². The van der Waals surface area contributed by atoms with E-state index in [1.54, 1.807) is 13.8 Å². The molecule has 0 aromatic rings. The van der Waals surface area contributed by atoms with Crippen LogP contribution in [0.2, 0.25) is 0 Å². The molecule has 0 unspecified atom stereocenters. The number of amides is 2. The normalized spacial score (nSPS) is 35.1. The van der Waals surface area contributed by atoms with Gasteiger partial charge in [-0.25, -0.2) is 0 Å². The third-order valence-corrected chi connectivity index (χ3v) is 3.40. The van der Waals surface area contributed by atoms with Gasteiger partial charge in [-0.05, 0) is 13.8 Å². The molecular formula is C13H22N2O6. The zero-order valence-corrected chi connectivity index (χ0v) is 12.6. The Kier molecular flexibility index (Phi) is 4.52. The van der Waals surface area contributed by atoms with Crippen molar-refractivity contribution in [3.05, 3.63) is 0 Å². The topological polar surface area (TPSA) is 106 Å². The molecule has 2 amide bonds. The van der Waals surface area contributed by atoms with Crippen molar-refractivity contribution in [3.63, 3.8) is 0 Å². The summed E-state index contributed by atoms with van der Waals surface area (Å²) in [5.74, 6) is -1.31. The quantitative estimate of drug-likeness (QED) is 0.606. The molecule has 8 nitrogen and oxygen atoms in total. The summed E-state index contributed by atoms with van der Waals surface area (Å²) in [7, 11) is 0. The first-order chi connectivity index (χ1) is 9.69. The zero-order chi connectivity index (χ0) is 15.8. The van der Waals surface area contributed by atoms with Crippen molar-refractivity contribution in [1.29, 1.82) is 0 Å². The van der Waals surface area contributed by atoms with Crippen LogP contribution in [-0.4, -0.2) is 59.9 Å². The first-order valence-electron chi connectivity index (χ1n) is 6.90. The second kappa shape index (κ2) is 5.88. The minimum Gasteiger partial charge on any atom is -0.388 e. The molecule has 0 aromatic carbocycles. The Morgan fingerprint density at radius 1 is 1.24 bits per heavy atom. The number of carbonyl (C=O) groups excluding carboxylic acids is 2. The van der Waals surface area contributed by atoms with Gasteiger partial charge in [0, 0.05) is 20.4 Å². The van der Waals surface area contributed by atoms with Crippen LogP contribution in [0.15, 0.2) is 0 Å². The first-order valence-corrected chi connectivity index (χ1v) is 6.90. The van der Waals surface area contributed by atoms with Gasteiger partial charge in [0.15, 0.2) is 12.1 Å². The van der Waals surface area contributed by atoms with Gasteiger partial charge in [0.05, 0.1) is 12.1 Å². The molecule has 0 aromatic heterocycles. The summed E-state index contributed by atoms with van der Waals surface area (Å²) < 4.78 is 17.0. The lowest BCUT2D eigenvalue weighted by atomic mass is 10.0. The molecule has 0 radical (unpaired) electrons. The molecule has 0 saturated carbocycles. The van der Waals surface area contributed by atoms with E-state index in [-0.39, 0.29) is 18.4 Å². The maximum atomic E-state index is 11.4. The maximum Gasteiger partial charge on any atom is 0.217 e. The fourth-order valence-corrected chi connectivity index (χ4v) is 2.63. The van der Waals surface area contributed by atoms with Crippen LogP contribution < -0.4 is 10.6 Å². The van der Waals surface area contributed by atoms with Gasteiger partial charge >= 0.3 is 0 Å². The van der Waals surface area contributed by atoms with Crippen LogP contribution in [0.5, 0.6) is 0 Å². The average Bonchev–Trinajstić information content (AvgIpc) is 2.79. The number of carbonyl (C=O) groups is 2. The minimum atomic E-state index is -0.980. The lowest BCUT2D eigenvalue weighted by Crippen LogP contribution is -2.53. The Morgan fingerprint density at radius 3 is 2.48 bits per heavy atom. The summed E-state index contributed by atoms with van der Waals surface area (Å²) in [4.78, 5) is 22.3. The highest BCUT2D eigenvalue weighted by Crippen LogP contribution is 2.38. The Balaban J connectivity index is 2.07. The van der Waals surface area contributed by atoms with Crippen molar-refractivity contribution in [1.82, 2.24) is 10.6 Å². The highest BCUT2D eigenvalue weighted by Gasteiger charge is 2.56. The fourth-order valence-electron chi connectivity index (χ4n) is 2.63. The summed E-state index contributed by atoms with van der Waals surface area (Å²) in [6, 6.07) is -0.543. The number of ether oxygens (including phenoxy) is 3. The van der Waals surface area contributed by atoms with E-state index in [1.807, 2.05) is 0 Å². The van der Waals surface area contributed by atoms with E-state index in [0.717, 1.165) is 0 Å². The fraction of sp³-hybridized carbons (Fsp3) is 0.846. The smallest absolute Gasteiger partial charge is 0.217 e. The van der Waals surface area contributed by atoms with E-state index in [4.69, 9.17) is 14.2 Å². The second-order valence-electron chi connectivity index (χ2n) is 5.80. The van der Waals surface area contributed by atoms with E-state index in [0.29, 0.717) is 0 Å². The summed E-state index contributed by atoms with van der Waals surface area (Å²) in [5.41, 5.74) is 0. The molecule has 0 bridgehead atoms. The molecule has 0 spiro atoms. The molecule has 5 atom stereocenters. The number of fused-ring (bicyclic) bond motifs is 1. The summed E-state index contributed by atoms with van der Waals surface area (Å²) in [6.45, 7) is 6.27. The number of nitrogens with one attached hydrogen (secondary N) is 2. The van der Waals surface area contributed by atoms with Gasteiger partial charge in [0.25, 0.3) is 0 Å². The molecule has 3 N–H and O–H groups in total. The SMILES string of the molecule is CC(=O)NC[C@H](O)[C@H]1O[C@H]2OC(C)(C)O[C@H]2[C@@H]1NC(C)=O. The largest absolute Gasteiger partial charge is 0.388 e. The van der Waals surface area contributed by atoms with E-state index >= 15 is 0 Å². The van der Waals surface area contributed by atoms with E-state index in [9.17, 15) is 14.7 Å². The molecule has 2 fully saturated rings. The molecule has 2 aliphatic heterocycles. The lowest BCUT2D eigenvalue weighted by Gasteiger charge is -2.28. The van der Waals surface area contributed by atoms with Crippen LogP contribution in [0.4, 0.5) is 0 Å². The minimum absolute atomic E-state index is 0.0267. The standard InChI is InChI=1S/C13H22N2O6/c1-6(16)14-5-8(18)10-9(15-7(2)17)11-12(19-10)21-13(3,4)20-11/h8-12,18H,5H2,1-4H3,(H,14,16)(H,15,17)/t8-,9+,10+,11-,12-/m0/s1. The molecule has 2 rings (SSSR count). The van der Waals surface area contributed by atoms with Crippen LogP contribution in [0.3, 0.4) is 0 Å². The zero-order valence-electron chi connectivity index (χ0n) is 12.6. The third kappa shape index (κ3) is 3.70. The maximum absolute atomic E-state index is 11.4. The number of rotatable bonds is 4. The molecule has 0 aliphatic carbocycles. The van der Waals surface area contributed by atoms with Gasteiger partial charge in [-0.1, -0.05) is 0 Å². The van der Waals surface area contributed by atoms with Gasteiger partial charge in [-0.15, -0.1) is 0 Å². The van der Waals surface area contributed by atoms with Crippen molar-refractivity contribution in [2.24, 2.45) is 0 Å². The Morgan fingerprint density at radius 2 is 1.90 bits per heavy atom. The highest BCUT2D eigenvalue weighted by atomic mass is 16.8. The summed E-state index contributed by atoms with van der Waals surface area (Å²) in [5, 5.41) is 15.4. The van der Waals surface area contributed by atoms with Gasteiger partial charge in [0.2, 0.25) is 11.8 Å². The Bertz CT molecular complexity index is 427. The van der Waals surface area contributed by atoms with Gasteiger partial charge in [-0.2, -0.15) is 0 Å². The lowest BCUT2D eigenvalue weighted by molar-refractivity contribution is -0.216. The molecule has 120 valence electrons. The van der Waals surface area contributed by atoms with Crippen molar-refractivity contribution in [2.75, 3.05) is 6.54 Å². The predicted octanol–water partition coefficient (Wildman–Crippen LogP) is -1.14. The van der Waals surface area contributed by atoms with Gasteiger partial charge in [0.1, 0.15) is 12.2 Å². The van der Waals surface area contributed by atoms with Crippen molar-refractivity contribution in [2.45, 2.75) is 64.1 Å². The monoisotopic (exact) mass is 302 g/mol. The van der Waals surface area contributed by atoms with Gasteiger partial charge < -0.3 is 30.0 Å². The number of hydrogen-bond donors (Lipinski definition) is 3. The van der Waals surface area contributed by atoms with Crippen molar-refractivity contribution >= 4 is 11.8 Å². The Labute approximate surface area is 123 Å². The molecule has 2 heterocycles. The second-order valence-corrected chi connectivity index (χ2v) is 5.80. The summed E-state index contributed by atoms with van der Waals surface area (Å²) >= 11 is 0. The first kappa shape index (κ1) is 16.2. The molecule has 2 aliphatic rings. The average molecular weight is 302 g/mol. The Hall–Kier alpha value is -1.22. The van der Waals surface area contributed by atoms with Crippen LogP contribution in [-0.2, 0) is 23.8 Å². The molecular weight excluding hydrogens is 280 g/mol. The molecule has 8 heteroatoms. The van der Waals surface area contributed by atoms with Crippen molar-refractivity contribution < 1.29 is 28.9 Å². The third-order valence-electron chi connectivity index (χ3n) is 3.40. The number of aliphatic hydroxyl groups excluding tert-OH is 1. The van der Waals surface area contributed by atoms with Gasteiger partial charge in [-0.3, -0.25) is 9.59 Å². The van der Waals surface area contributed by atoms with E-state index < -0.39 is 36.4 Å². The van der Waals surface area contributed by atoms with Crippen molar-refractivity contribution in [3.8, 4) is 0 Å². The molecule has 21 heavy (non-hydrogen) atoms. The number of aliphatic hydroxyl groups is 1. The molecule has 2 saturated heterocycles. The van der Waals surface area contributed by atoms with Crippen LogP contribution >= 0.6 is 0 Å². The predicted molar refractivity (Wildman–Crippen MR) is 71.0 cm³/mol. The van der Waals surface area contributed by atoms with Crippen LogP contribution in [0.25, 0.3) is 0 Å². The van der Waals surface area contributed by atoms with Crippen LogP contribution in [0, 0.1) is 0 Å². The van der Waals surface area contributed by atoms with Crippen LogP contribution in [0.1, 0.15) is 27.7 Å². The highest BCUT2D eigenvalue weighted by molar-refractivity contribution is 5.73. The summed E-state index contributed by atoms with van der Waals surface area (Å²) in [6.07, 6.45) is -2.85. The van der Waals surface area contributed by atoms with E-state index in [1.165, 1.54) is 13.8 Å².